The first kappa shape index (κ1) is 19.8. The zero-order valence-corrected chi connectivity index (χ0v) is 16.9. The van der Waals surface area contributed by atoms with Gasteiger partial charge >= 0.3 is 0 Å². The highest BCUT2D eigenvalue weighted by molar-refractivity contribution is 5.82. The number of halogens is 1. The van der Waals surface area contributed by atoms with Gasteiger partial charge in [0, 0.05) is 24.5 Å². The molecule has 5 rings (SSSR count). The van der Waals surface area contributed by atoms with Crippen molar-refractivity contribution in [2.24, 2.45) is 5.10 Å². The molecule has 1 aliphatic heterocycles. The van der Waals surface area contributed by atoms with Crippen LogP contribution in [-0.2, 0) is 4.74 Å². The van der Waals surface area contributed by atoms with Crippen molar-refractivity contribution in [3.8, 4) is 0 Å². The number of benzene rings is 2. The molecule has 1 fully saturated rings. The first-order valence-electron chi connectivity index (χ1n) is 9.99. The maximum atomic E-state index is 13.2. The Labute approximate surface area is 182 Å². The molecule has 0 aliphatic carbocycles. The van der Waals surface area contributed by atoms with Crippen LogP contribution in [0.3, 0.4) is 0 Å². The second-order valence-corrected chi connectivity index (χ2v) is 7.03. The standard InChI is InChI=1S/C21H19FN8O2/c22-15-3-5-16(6-4-15)24-18-19(26-21-20(25-18)28-32-29-21)27-23-13-14-1-7-17(8-2-14)30-9-11-31-12-10-30/h1-8,13H,9-12H2,(H,24,25,28)(H,26,27,29)/b23-13+. The third kappa shape index (κ3) is 4.47. The van der Waals surface area contributed by atoms with E-state index in [1.54, 1.807) is 18.3 Å². The quantitative estimate of drug-likeness (QED) is 0.349. The smallest absolute Gasteiger partial charge is 0.245 e. The molecule has 0 radical (unpaired) electrons. The molecule has 2 N–H and O–H groups in total. The molecule has 2 aromatic heterocycles. The number of nitrogens with zero attached hydrogens (tertiary/aromatic N) is 6. The van der Waals surface area contributed by atoms with Crippen LogP contribution in [0.15, 0.2) is 58.3 Å². The van der Waals surface area contributed by atoms with Crippen LogP contribution in [0.25, 0.3) is 11.3 Å². The summed E-state index contributed by atoms with van der Waals surface area (Å²) < 4.78 is 23.3. The summed E-state index contributed by atoms with van der Waals surface area (Å²) in [7, 11) is 0. The molecule has 1 saturated heterocycles. The summed E-state index contributed by atoms with van der Waals surface area (Å²) in [5.74, 6) is 0.332. The van der Waals surface area contributed by atoms with Crippen LogP contribution in [0.2, 0.25) is 0 Å². The lowest BCUT2D eigenvalue weighted by Gasteiger charge is -2.28. The largest absolute Gasteiger partial charge is 0.378 e. The maximum absolute atomic E-state index is 13.2. The zero-order valence-electron chi connectivity index (χ0n) is 16.9. The van der Waals surface area contributed by atoms with E-state index >= 15 is 0 Å². The average Bonchev–Trinajstić information content (AvgIpc) is 3.29. The summed E-state index contributed by atoms with van der Waals surface area (Å²) in [6.07, 6.45) is 1.68. The van der Waals surface area contributed by atoms with Gasteiger partial charge in [-0.25, -0.2) is 14.0 Å². The minimum Gasteiger partial charge on any atom is -0.378 e. The van der Waals surface area contributed by atoms with Crippen LogP contribution in [0, 0.1) is 5.82 Å². The van der Waals surface area contributed by atoms with E-state index in [0.29, 0.717) is 17.3 Å². The molecule has 0 unspecified atom stereocenters. The van der Waals surface area contributed by atoms with Gasteiger partial charge in [-0.05, 0) is 52.3 Å². The molecule has 4 aromatic rings. The lowest BCUT2D eigenvalue weighted by Crippen LogP contribution is -2.36. The van der Waals surface area contributed by atoms with Crippen LogP contribution in [0.4, 0.5) is 27.4 Å². The first-order chi connectivity index (χ1) is 15.7. The van der Waals surface area contributed by atoms with Crippen molar-refractivity contribution >= 4 is 40.5 Å². The third-order valence-electron chi connectivity index (χ3n) is 4.87. The molecule has 32 heavy (non-hydrogen) atoms. The Morgan fingerprint density at radius 2 is 1.59 bits per heavy atom. The van der Waals surface area contributed by atoms with E-state index in [-0.39, 0.29) is 17.1 Å². The van der Waals surface area contributed by atoms with Crippen molar-refractivity contribution in [1.82, 2.24) is 20.3 Å². The van der Waals surface area contributed by atoms with Gasteiger partial charge in [-0.3, -0.25) is 5.43 Å². The molecule has 1 aliphatic rings. The van der Waals surface area contributed by atoms with Gasteiger partial charge in [0.2, 0.25) is 11.3 Å². The topological polar surface area (TPSA) is 114 Å². The second-order valence-electron chi connectivity index (χ2n) is 7.03. The van der Waals surface area contributed by atoms with Gasteiger partial charge in [-0.1, -0.05) is 12.1 Å². The lowest BCUT2D eigenvalue weighted by molar-refractivity contribution is 0.122. The Bertz CT molecular complexity index is 1220. The number of rotatable bonds is 6. The van der Waals surface area contributed by atoms with E-state index in [1.807, 2.05) is 12.1 Å². The van der Waals surface area contributed by atoms with Crippen LogP contribution in [0.5, 0.6) is 0 Å². The maximum Gasteiger partial charge on any atom is 0.245 e. The summed E-state index contributed by atoms with van der Waals surface area (Å²) in [5.41, 5.74) is 6.05. The fraction of sp³-hybridized carbons (Fsp3) is 0.190. The van der Waals surface area contributed by atoms with Crippen molar-refractivity contribution in [1.29, 1.82) is 0 Å². The fourth-order valence-electron chi connectivity index (χ4n) is 3.23. The van der Waals surface area contributed by atoms with E-state index in [4.69, 9.17) is 9.37 Å². The van der Waals surface area contributed by atoms with E-state index < -0.39 is 0 Å². The van der Waals surface area contributed by atoms with Crippen LogP contribution >= 0.6 is 0 Å². The van der Waals surface area contributed by atoms with Gasteiger partial charge in [-0.2, -0.15) is 10.1 Å². The van der Waals surface area contributed by atoms with Crippen molar-refractivity contribution in [3.63, 3.8) is 0 Å². The summed E-state index contributed by atoms with van der Waals surface area (Å²) in [5, 5.41) is 14.8. The Morgan fingerprint density at radius 1 is 0.906 bits per heavy atom. The predicted molar refractivity (Wildman–Crippen MR) is 118 cm³/mol. The second kappa shape index (κ2) is 8.94. The van der Waals surface area contributed by atoms with E-state index in [1.165, 1.54) is 12.1 Å². The van der Waals surface area contributed by atoms with E-state index in [0.717, 1.165) is 37.6 Å². The highest BCUT2D eigenvalue weighted by Gasteiger charge is 2.13. The van der Waals surface area contributed by atoms with Crippen LogP contribution in [0.1, 0.15) is 5.56 Å². The number of nitrogens with one attached hydrogen (secondary N) is 2. The van der Waals surface area contributed by atoms with Gasteiger partial charge in [0.05, 0.1) is 19.4 Å². The molecule has 162 valence electrons. The summed E-state index contributed by atoms with van der Waals surface area (Å²) >= 11 is 0. The monoisotopic (exact) mass is 434 g/mol. The number of ether oxygens (including phenoxy) is 1. The molecule has 10 nitrogen and oxygen atoms in total. The fourth-order valence-corrected chi connectivity index (χ4v) is 3.23. The van der Waals surface area contributed by atoms with E-state index in [2.05, 4.69) is 53.2 Å². The highest BCUT2D eigenvalue weighted by Crippen LogP contribution is 2.24. The Morgan fingerprint density at radius 3 is 2.31 bits per heavy atom. The molecule has 3 heterocycles. The molecule has 0 saturated carbocycles. The van der Waals surface area contributed by atoms with Gasteiger partial charge in [0.25, 0.3) is 0 Å². The Kier molecular flexibility index (Phi) is 5.54. The summed E-state index contributed by atoms with van der Waals surface area (Å²) in [6.45, 7) is 3.26. The minimum absolute atomic E-state index is 0.238. The SMILES string of the molecule is Fc1ccc(Nc2nc3nonc3nc2N/N=C/c2ccc(N3CCOCC3)cc2)cc1. The van der Waals surface area contributed by atoms with Gasteiger partial charge < -0.3 is 15.0 Å². The normalized spacial score (nSPS) is 14.2. The number of fused-ring (bicyclic) bond motifs is 1. The van der Waals surface area contributed by atoms with Gasteiger partial charge in [0.1, 0.15) is 5.82 Å². The van der Waals surface area contributed by atoms with Gasteiger partial charge in [0.15, 0.2) is 11.6 Å². The number of hydrogen-bond acceptors (Lipinski definition) is 10. The highest BCUT2D eigenvalue weighted by atomic mass is 19.1. The Hall–Kier alpha value is -4.12. The molecular formula is C21H19FN8O2. The van der Waals surface area contributed by atoms with Gasteiger partial charge in [-0.15, -0.1) is 0 Å². The number of aromatic nitrogens is 4. The molecule has 0 amide bonds. The first-order valence-corrected chi connectivity index (χ1v) is 9.99. The zero-order chi connectivity index (χ0) is 21.8. The third-order valence-corrected chi connectivity index (χ3v) is 4.87. The summed E-state index contributed by atoms with van der Waals surface area (Å²) in [6, 6.07) is 14.0. The summed E-state index contributed by atoms with van der Waals surface area (Å²) in [4.78, 5) is 11.0. The molecule has 2 aromatic carbocycles. The predicted octanol–water partition coefficient (Wildman–Crippen LogP) is 3.18. The van der Waals surface area contributed by atoms with Crippen LogP contribution in [-0.4, -0.2) is 52.8 Å². The minimum atomic E-state index is -0.333. The molecular weight excluding hydrogens is 415 g/mol. The number of morpholine rings is 1. The number of hydrogen-bond donors (Lipinski definition) is 2. The van der Waals surface area contributed by atoms with Crippen molar-refractivity contribution < 1.29 is 13.8 Å². The number of anilines is 4. The van der Waals surface area contributed by atoms with Crippen LogP contribution < -0.4 is 15.6 Å². The van der Waals surface area contributed by atoms with Crippen molar-refractivity contribution in [2.75, 3.05) is 41.9 Å². The molecule has 0 spiro atoms. The molecule has 0 bridgehead atoms. The Balaban J connectivity index is 1.32. The van der Waals surface area contributed by atoms with Crippen molar-refractivity contribution in [2.45, 2.75) is 0 Å². The van der Waals surface area contributed by atoms with E-state index in [9.17, 15) is 4.39 Å². The van der Waals surface area contributed by atoms with Crippen molar-refractivity contribution in [3.05, 3.63) is 59.9 Å². The molecule has 11 heteroatoms. The number of hydrazone groups is 1. The average molecular weight is 434 g/mol. The molecule has 0 atom stereocenters. The lowest BCUT2D eigenvalue weighted by atomic mass is 10.2.